The molecule has 0 atom stereocenters. The Morgan fingerprint density at radius 2 is 1.64 bits per heavy atom. The van der Waals surface area contributed by atoms with E-state index in [4.69, 9.17) is 5.73 Å². The van der Waals surface area contributed by atoms with Gasteiger partial charge in [0.25, 0.3) is 0 Å². The molecule has 5 nitrogen and oxygen atoms in total. The highest BCUT2D eigenvalue weighted by atomic mass is 19.4. The molecule has 3 N–H and O–H groups in total. The van der Waals surface area contributed by atoms with Crippen LogP contribution >= 0.6 is 0 Å². The molecule has 0 fully saturated rings. The first-order valence-corrected chi connectivity index (χ1v) is 8.75. The van der Waals surface area contributed by atoms with Gasteiger partial charge in [-0.3, -0.25) is 4.79 Å². The number of amides is 1. The number of primary amides is 1. The van der Waals surface area contributed by atoms with Crippen molar-refractivity contribution in [3.05, 3.63) is 70.8 Å². The molecule has 0 spiro atoms. The molecule has 0 aromatic heterocycles. The van der Waals surface area contributed by atoms with Gasteiger partial charge in [0.2, 0.25) is 5.91 Å². The SMILES string of the molecule is CCNC(=NCc1ccc(C(N)=O)cc1)N(C)Cc1ccc(C(F)(F)F)cc1. The van der Waals surface area contributed by atoms with Gasteiger partial charge in [-0.05, 0) is 42.3 Å². The molecular weight excluding hydrogens is 369 g/mol. The number of nitrogens with two attached hydrogens (primary N) is 1. The van der Waals surface area contributed by atoms with E-state index < -0.39 is 17.6 Å². The number of aliphatic imine (C=N–C) groups is 1. The molecule has 0 aliphatic heterocycles. The number of benzene rings is 2. The van der Waals surface area contributed by atoms with Crippen LogP contribution < -0.4 is 11.1 Å². The fourth-order valence-electron chi connectivity index (χ4n) is 2.56. The predicted octanol–water partition coefficient (Wildman–Crippen LogP) is 3.40. The zero-order valence-corrected chi connectivity index (χ0v) is 15.8. The molecule has 0 aliphatic rings. The summed E-state index contributed by atoms with van der Waals surface area (Å²) in [6.07, 6.45) is -4.34. The number of carbonyl (C=O) groups excluding carboxylic acids is 1. The number of nitrogens with one attached hydrogen (secondary N) is 1. The Bertz CT molecular complexity index is 815. The monoisotopic (exact) mass is 392 g/mol. The number of carbonyl (C=O) groups is 1. The Kier molecular flexibility index (Phi) is 7.03. The smallest absolute Gasteiger partial charge is 0.366 e. The number of hydrogen-bond acceptors (Lipinski definition) is 2. The predicted molar refractivity (Wildman–Crippen MR) is 103 cm³/mol. The van der Waals surface area contributed by atoms with E-state index in [1.54, 1.807) is 24.3 Å². The number of hydrogen-bond donors (Lipinski definition) is 2. The standard InChI is InChI=1S/C20H23F3N4O/c1-3-25-19(26-12-14-4-8-16(9-5-14)18(24)28)27(2)13-15-6-10-17(11-7-15)20(21,22)23/h4-11H,3,12-13H2,1-2H3,(H2,24,28)(H,25,26). The van der Waals surface area contributed by atoms with Crippen molar-refractivity contribution in [1.82, 2.24) is 10.2 Å². The zero-order chi connectivity index (χ0) is 20.7. The molecule has 1 amide bonds. The van der Waals surface area contributed by atoms with Crippen LogP contribution in [0.2, 0.25) is 0 Å². The van der Waals surface area contributed by atoms with Gasteiger partial charge in [0.1, 0.15) is 0 Å². The van der Waals surface area contributed by atoms with Crippen LogP contribution in [0.1, 0.15) is 34.0 Å². The Hall–Kier alpha value is -3.03. The maximum atomic E-state index is 12.7. The van der Waals surface area contributed by atoms with E-state index in [0.717, 1.165) is 23.3 Å². The molecule has 0 heterocycles. The van der Waals surface area contributed by atoms with Gasteiger partial charge in [-0.2, -0.15) is 13.2 Å². The van der Waals surface area contributed by atoms with Crippen LogP contribution in [0.15, 0.2) is 53.5 Å². The molecule has 150 valence electrons. The van der Waals surface area contributed by atoms with Crippen molar-refractivity contribution in [1.29, 1.82) is 0 Å². The quantitative estimate of drug-likeness (QED) is 0.585. The largest absolute Gasteiger partial charge is 0.416 e. The topological polar surface area (TPSA) is 70.7 Å². The molecule has 2 aromatic rings. The minimum Gasteiger partial charge on any atom is -0.366 e. The average Bonchev–Trinajstić information content (AvgIpc) is 2.65. The van der Waals surface area contributed by atoms with E-state index in [1.165, 1.54) is 12.1 Å². The van der Waals surface area contributed by atoms with Gasteiger partial charge in [0, 0.05) is 25.7 Å². The van der Waals surface area contributed by atoms with Crippen LogP contribution in [0.4, 0.5) is 13.2 Å². The van der Waals surface area contributed by atoms with Gasteiger partial charge in [0.15, 0.2) is 5.96 Å². The van der Waals surface area contributed by atoms with Gasteiger partial charge >= 0.3 is 6.18 Å². The molecular formula is C20H23F3N4O. The number of nitrogens with zero attached hydrogens (tertiary/aromatic N) is 2. The summed E-state index contributed by atoms with van der Waals surface area (Å²) >= 11 is 0. The minimum atomic E-state index is -4.34. The maximum Gasteiger partial charge on any atom is 0.416 e. The molecule has 0 aliphatic carbocycles. The zero-order valence-electron chi connectivity index (χ0n) is 15.8. The van der Waals surface area contributed by atoms with E-state index in [0.29, 0.717) is 31.2 Å². The molecule has 0 radical (unpaired) electrons. The van der Waals surface area contributed by atoms with E-state index in [2.05, 4.69) is 10.3 Å². The van der Waals surface area contributed by atoms with E-state index in [9.17, 15) is 18.0 Å². The summed E-state index contributed by atoms with van der Waals surface area (Å²) in [5.41, 5.74) is 6.64. The van der Waals surface area contributed by atoms with Crippen molar-refractivity contribution >= 4 is 11.9 Å². The highest BCUT2D eigenvalue weighted by molar-refractivity contribution is 5.92. The summed E-state index contributed by atoms with van der Waals surface area (Å²) in [6.45, 7) is 3.38. The summed E-state index contributed by atoms with van der Waals surface area (Å²) in [6, 6.07) is 11.9. The molecule has 2 aromatic carbocycles. The lowest BCUT2D eigenvalue weighted by Gasteiger charge is -2.22. The van der Waals surface area contributed by atoms with E-state index in [-0.39, 0.29) is 0 Å². The minimum absolute atomic E-state index is 0.388. The Balaban J connectivity index is 2.07. The molecule has 8 heteroatoms. The average molecular weight is 392 g/mol. The Labute approximate surface area is 162 Å². The lowest BCUT2D eigenvalue weighted by molar-refractivity contribution is -0.137. The summed E-state index contributed by atoms with van der Waals surface area (Å²) < 4.78 is 38.0. The number of halogens is 3. The fraction of sp³-hybridized carbons (Fsp3) is 0.300. The van der Waals surface area contributed by atoms with Crippen molar-refractivity contribution < 1.29 is 18.0 Å². The summed E-state index contributed by atoms with van der Waals surface area (Å²) in [5.74, 6) is 0.140. The normalized spacial score (nSPS) is 12.0. The van der Waals surface area contributed by atoms with Gasteiger partial charge in [0.05, 0.1) is 12.1 Å². The number of rotatable bonds is 6. The van der Waals surface area contributed by atoms with Crippen LogP contribution in [-0.4, -0.2) is 30.4 Å². The first-order valence-electron chi connectivity index (χ1n) is 8.75. The first-order chi connectivity index (χ1) is 13.2. The third kappa shape index (κ3) is 6.00. The molecule has 0 unspecified atom stereocenters. The number of alkyl halides is 3. The highest BCUT2D eigenvalue weighted by Crippen LogP contribution is 2.29. The number of guanidine groups is 1. The second-order valence-corrected chi connectivity index (χ2v) is 6.28. The van der Waals surface area contributed by atoms with Gasteiger partial charge in [-0.15, -0.1) is 0 Å². The molecule has 28 heavy (non-hydrogen) atoms. The van der Waals surface area contributed by atoms with Crippen molar-refractivity contribution in [3.63, 3.8) is 0 Å². The Morgan fingerprint density at radius 3 is 2.14 bits per heavy atom. The molecule has 0 bridgehead atoms. The lowest BCUT2D eigenvalue weighted by Crippen LogP contribution is -2.38. The van der Waals surface area contributed by atoms with Crippen molar-refractivity contribution in [2.24, 2.45) is 10.7 Å². The van der Waals surface area contributed by atoms with Crippen LogP contribution in [-0.2, 0) is 19.3 Å². The van der Waals surface area contributed by atoms with Crippen LogP contribution in [0.3, 0.4) is 0 Å². The van der Waals surface area contributed by atoms with Crippen LogP contribution in [0.5, 0.6) is 0 Å². The lowest BCUT2D eigenvalue weighted by atomic mass is 10.1. The van der Waals surface area contributed by atoms with Gasteiger partial charge in [-0.25, -0.2) is 4.99 Å². The third-order valence-electron chi connectivity index (χ3n) is 4.05. The van der Waals surface area contributed by atoms with E-state index >= 15 is 0 Å². The van der Waals surface area contributed by atoms with Crippen molar-refractivity contribution in [2.45, 2.75) is 26.2 Å². The second-order valence-electron chi connectivity index (χ2n) is 6.28. The van der Waals surface area contributed by atoms with Gasteiger partial charge < -0.3 is 16.0 Å². The van der Waals surface area contributed by atoms with Crippen molar-refractivity contribution in [2.75, 3.05) is 13.6 Å². The van der Waals surface area contributed by atoms with Crippen molar-refractivity contribution in [3.8, 4) is 0 Å². The summed E-state index contributed by atoms with van der Waals surface area (Å²) in [7, 11) is 1.81. The van der Waals surface area contributed by atoms with E-state index in [1.807, 2.05) is 18.9 Å². The molecule has 0 saturated carbocycles. The van der Waals surface area contributed by atoms with Crippen LogP contribution in [0, 0.1) is 0 Å². The Morgan fingerprint density at radius 1 is 1.07 bits per heavy atom. The molecule has 0 saturated heterocycles. The molecule has 2 rings (SSSR count). The first kappa shape index (κ1) is 21.3. The maximum absolute atomic E-state index is 12.7. The van der Waals surface area contributed by atoms with Gasteiger partial charge in [-0.1, -0.05) is 24.3 Å². The third-order valence-corrected chi connectivity index (χ3v) is 4.05. The fourth-order valence-corrected chi connectivity index (χ4v) is 2.56. The summed E-state index contributed by atoms with van der Waals surface area (Å²) in [5, 5.41) is 3.16. The highest BCUT2D eigenvalue weighted by Gasteiger charge is 2.29. The van der Waals surface area contributed by atoms with Crippen LogP contribution in [0.25, 0.3) is 0 Å². The summed E-state index contributed by atoms with van der Waals surface area (Å²) in [4.78, 5) is 17.5. The second kappa shape index (κ2) is 9.25.